The Balaban J connectivity index is 1.33. The van der Waals surface area contributed by atoms with Crippen LogP contribution in [0.5, 0.6) is 0 Å². The molecule has 0 bridgehead atoms. The Labute approximate surface area is 165 Å². The molecule has 1 aromatic carbocycles. The molecular formula is C21H26N2O4S. The predicted molar refractivity (Wildman–Crippen MR) is 107 cm³/mol. The highest BCUT2D eigenvalue weighted by atomic mass is 32.2. The normalized spacial score (nSPS) is 24.4. The summed E-state index contributed by atoms with van der Waals surface area (Å²) in [7, 11) is -2.94. The fraction of sp³-hybridized carbons (Fsp3) is 0.571. The van der Waals surface area contributed by atoms with Crippen LogP contribution >= 0.6 is 0 Å². The van der Waals surface area contributed by atoms with Gasteiger partial charge in [0.1, 0.15) is 15.4 Å². The van der Waals surface area contributed by atoms with E-state index in [2.05, 4.69) is 23.2 Å². The number of likely N-dealkylation sites (tertiary alicyclic amines) is 1. The Hall–Kier alpha value is -1.86. The molecule has 0 atom stereocenters. The van der Waals surface area contributed by atoms with Gasteiger partial charge in [0.25, 0.3) is 0 Å². The summed E-state index contributed by atoms with van der Waals surface area (Å²) in [5.74, 6) is 0.261. The molecule has 2 saturated heterocycles. The van der Waals surface area contributed by atoms with Gasteiger partial charge in [-0.15, -0.1) is 0 Å². The summed E-state index contributed by atoms with van der Waals surface area (Å²) in [6, 6.07) is 8.39. The Morgan fingerprint density at radius 1 is 1.14 bits per heavy atom. The fourth-order valence-corrected chi connectivity index (χ4v) is 6.64. The third-order valence-electron chi connectivity index (χ3n) is 6.79. The molecule has 0 saturated carbocycles. The molecule has 5 rings (SSSR count). The summed E-state index contributed by atoms with van der Waals surface area (Å²) in [4.78, 5) is 18.4. The van der Waals surface area contributed by atoms with Crippen molar-refractivity contribution in [3.8, 4) is 0 Å². The molecule has 2 aromatic rings. The van der Waals surface area contributed by atoms with E-state index in [0.717, 1.165) is 24.8 Å². The predicted octanol–water partition coefficient (Wildman–Crippen LogP) is 2.38. The number of sulfone groups is 1. The van der Waals surface area contributed by atoms with Crippen LogP contribution in [0.4, 0.5) is 0 Å². The number of benzene rings is 1. The van der Waals surface area contributed by atoms with E-state index < -0.39 is 9.84 Å². The number of piperidine rings is 1. The topological polar surface area (TPSA) is 79.5 Å². The van der Waals surface area contributed by atoms with Crippen molar-refractivity contribution in [2.24, 2.45) is 5.92 Å². The maximum Gasteiger partial charge on any atom is 0.225 e. The lowest BCUT2D eigenvalue weighted by molar-refractivity contribution is -0.145. The van der Waals surface area contributed by atoms with E-state index in [4.69, 9.17) is 4.74 Å². The third kappa shape index (κ3) is 2.95. The minimum Gasteiger partial charge on any atom is -0.368 e. The standard InChI is InChI=1S/C21H26N2O4S/c24-20(15-6-13-28(25,26)14-7-15)23-10-8-21(9-11-23)19-17(5-12-27-21)16-3-1-2-4-18(16)22-19/h1-4,15,22H,5-14H2. The van der Waals surface area contributed by atoms with Crippen LogP contribution in [0.2, 0.25) is 0 Å². The minimum absolute atomic E-state index is 0.123. The number of ether oxygens (including phenoxy) is 1. The lowest BCUT2D eigenvalue weighted by atomic mass is 9.82. The number of nitrogens with zero attached hydrogens (tertiary/aromatic N) is 1. The lowest BCUT2D eigenvalue weighted by Gasteiger charge is -2.44. The van der Waals surface area contributed by atoms with Gasteiger partial charge in [-0.3, -0.25) is 4.79 Å². The third-order valence-corrected chi connectivity index (χ3v) is 8.50. The van der Waals surface area contributed by atoms with Crippen molar-refractivity contribution in [3.63, 3.8) is 0 Å². The number of nitrogens with one attached hydrogen (secondary N) is 1. The quantitative estimate of drug-likeness (QED) is 0.794. The summed E-state index contributed by atoms with van der Waals surface area (Å²) < 4.78 is 29.6. The Morgan fingerprint density at radius 2 is 1.86 bits per heavy atom. The first-order chi connectivity index (χ1) is 13.5. The molecule has 3 aliphatic heterocycles. The average molecular weight is 403 g/mol. The smallest absolute Gasteiger partial charge is 0.225 e. The van der Waals surface area contributed by atoms with Crippen LogP contribution in [0.25, 0.3) is 10.9 Å². The highest BCUT2D eigenvalue weighted by Crippen LogP contribution is 2.43. The lowest BCUT2D eigenvalue weighted by Crippen LogP contribution is -2.50. The zero-order valence-electron chi connectivity index (χ0n) is 15.9. The average Bonchev–Trinajstić information content (AvgIpc) is 3.09. The van der Waals surface area contributed by atoms with Gasteiger partial charge in [0.15, 0.2) is 0 Å². The summed E-state index contributed by atoms with van der Waals surface area (Å²) in [5, 5.41) is 1.28. The first kappa shape index (κ1) is 18.2. The molecule has 2 fully saturated rings. The van der Waals surface area contributed by atoms with Crippen molar-refractivity contribution in [2.75, 3.05) is 31.2 Å². The van der Waals surface area contributed by atoms with Crippen molar-refractivity contribution < 1.29 is 17.9 Å². The first-order valence-electron chi connectivity index (χ1n) is 10.2. The monoisotopic (exact) mass is 402 g/mol. The second kappa shape index (κ2) is 6.59. The van der Waals surface area contributed by atoms with Crippen LogP contribution < -0.4 is 0 Å². The Morgan fingerprint density at radius 3 is 2.61 bits per heavy atom. The number of fused-ring (bicyclic) bond motifs is 4. The van der Waals surface area contributed by atoms with Crippen LogP contribution in [0, 0.1) is 5.92 Å². The van der Waals surface area contributed by atoms with Crippen LogP contribution in [-0.2, 0) is 31.4 Å². The maximum absolute atomic E-state index is 12.9. The van der Waals surface area contributed by atoms with Gasteiger partial charge in [0, 0.05) is 29.9 Å². The van der Waals surface area contributed by atoms with E-state index in [1.165, 1.54) is 16.6 Å². The number of rotatable bonds is 1. The summed E-state index contributed by atoms with van der Waals surface area (Å²) in [5.41, 5.74) is 3.37. The summed E-state index contributed by atoms with van der Waals surface area (Å²) in [6.07, 6.45) is 3.41. The SMILES string of the molecule is O=C(C1CCS(=O)(=O)CC1)N1CCC2(CC1)OCCc1c2[nH]c2ccccc12. The molecule has 1 N–H and O–H groups in total. The van der Waals surface area contributed by atoms with Gasteiger partial charge in [0.2, 0.25) is 5.91 Å². The molecule has 28 heavy (non-hydrogen) atoms. The highest BCUT2D eigenvalue weighted by molar-refractivity contribution is 7.91. The number of carbonyl (C=O) groups excluding carboxylic acids is 1. The first-order valence-corrected chi connectivity index (χ1v) is 12.0. The highest BCUT2D eigenvalue weighted by Gasteiger charge is 2.44. The molecular weight excluding hydrogens is 376 g/mol. The van der Waals surface area contributed by atoms with Gasteiger partial charge < -0.3 is 14.6 Å². The second-order valence-electron chi connectivity index (χ2n) is 8.37. The number of hydrogen-bond acceptors (Lipinski definition) is 4. The van der Waals surface area contributed by atoms with Crippen LogP contribution in [0.3, 0.4) is 0 Å². The van der Waals surface area contributed by atoms with Gasteiger partial charge in [-0.25, -0.2) is 8.42 Å². The molecule has 150 valence electrons. The van der Waals surface area contributed by atoms with E-state index in [1.54, 1.807) is 0 Å². The number of carbonyl (C=O) groups is 1. The number of para-hydroxylation sites is 1. The van der Waals surface area contributed by atoms with Crippen molar-refractivity contribution in [1.29, 1.82) is 0 Å². The molecule has 7 heteroatoms. The second-order valence-corrected chi connectivity index (χ2v) is 10.7. The zero-order valence-corrected chi connectivity index (χ0v) is 16.8. The number of aromatic nitrogens is 1. The molecule has 1 aromatic heterocycles. The van der Waals surface area contributed by atoms with Gasteiger partial charge in [-0.1, -0.05) is 18.2 Å². The van der Waals surface area contributed by atoms with E-state index in [1.807, 2.05) is 11.0 Å². The number of H-pyrrole nitrogens is 1. The van der Waals surface area contributed by atoms with Crippen LogP contribution in [0.1, 0.15) is 36.9 Å². The summed E-state index contributed by atoms with van der Waals surface area (Å²) >= 11 is 0. The van der Waals surface area contributed by atoms with Crippen LogP contribution in [-0.4, -0.2) is 55.4 Å². The molecule has 0 radical (unpaired) electrons. The Bertz CT molecular complexity index is 1000. The van der Waals surface area contributed by atoms with E-state index in [0.29, 0.717) is 32.5 Å². The van der Waals surface area contributed by atoms with Crippen molar-refractivity contribution in [2.45, 2.75) is 37.7 Å². The number of amides is 1. The largest absolute Gasteiger partial charge is 0.368 e. The van der Waals surface area contributed by atoms with Gasteiger partial charge in [-0.2, -0.15) is 0 Å². The zero-order chi connectivity index (χ0) is 19.4. The van der Waals surface area contributed by atoms with Crippen molar-refractivity contribution in [1.82, 2.24) is 9.88 Å². The molecule has 6 nitrogen and oxygen atoms in total. The fourth-order valence-electron chi connectivity index (χ4n) is 5.15. The van der Waals surface area contributed by atoms with Gasteiger partial charge in [-0.05, 0) is 43.7 Å². The molecule has 1 amide bonds. The molecule has 4 heterocycles. The van der Waals surface area contributed by atoms with Crippen LogP contribution in [0.15, 0.2) is 24.3 Å². The number of hydrogen-bond donors (Lipinski definition) is 1. The Kier molecular flexibility index (Phi) is 4.28. The van der Waals surface area contributed by atoms with Crippen molar-refractivity contribution in [3.05, 3.63) is 35.5 Å². The van der Waals surface area contributed by atoms with E-state index in [9.17, 15) is 13.2 Å². The van der Waals surface area contributed by atoms with Gasteiger partial charge in [0.05, 0.1) is 23.8 Å². The number of aromatic amines is 1. The van der Waals surface area contributed by atoms with Crippen molar-refractivity contribution >= 4 is 26.6 Å². The minimum atomic E-state index is -2.94. The summed E-state index contributed by atoms with van der Waals surface area (Å²) in [6.45, 7) is 2.04. The maximum atomic E-state index is 12.9. The molecule has 3 aliphatic rings. The molecule has 1 spiro atoms. The molecule has 0 aliphatic carbocycles. The molecule has 0 unspecified atom stereocenters. The van der Waals surface area contributed by atoms with E-state index in [-0.39, 0.29) is 28.9 Å². The van der Waals surface area contributed by atoms with E-state index >= 15 is 0 Å². The van der Waals surface area contributed by atoms with Gasteiger partial charge >= 0.3 is 0 Å².